The molecular formula is C15H26N2O3. The molecule has 0 spiro atoms. The molecule has 1 heterocycles. The summed E-state index contributed by atoms with van der Waals surface area (Å²) in [6.45, 7) is 6.24. The van der Waals surface area contributed by atoms with Crippen molar-refractivity contribution < 1.29 is 14.2 Å². The van der Waals surface area contributed by atoms with E-state index in [1.165, 1.54) is 24.2 Å². The van der Waals surface area contributed by atoms with Crippen LogP contribution in [-0.2, 0) is 33.6 Å². The van der Waals surface area contributed by atoms with Crippen molar-refractivity contribution in [2.45, 2.75) is 39.2 Å². The maximum absolute atomic E-state index is 5.62. The van der Waals surface area contributed by atoms with Gasteiger partial charge in [-0.25, -0.2) is 4.98 Å². The van der Waals surface area contributed by atoms with Gasteiger partial charge in [0.2, 0.25) is 0 Å². The molecular weight excluding hydrogens is 256 g/mol. The number of rotatable bonds is 9. The Balaban J connectivity index is 1.66. The zero-order valence-corrected chi connectivity index (χ0v) is 12.7. The van der Waals surface area contributed by atoms with E-state index in [1.807, 2.05) is 0 Å². The second kappa shape index (κ2) is 8.39. The Hall–Kier alpha value is -0.910. The summed E-state index contributed by atoms with van der Waals surface area (Å²) in [5, 5.41) is 0. The van der Waals surface area contributed by atoms with Crippen LogP contribution in [0.4, 0.5) is 0 Å². The van der Waals surface area contributed by atoms with Crippen molar-refractivity contribution in [1.29, 1.82) is 0 Å². The minimum atomic E-state index is 0.629. The van der Waals surface area contributed by atoms with E-state index in [4.69, 9.17) is 14.2 Å². The van der Waals surface area contributed by atoms with Gasteiger partial charge in [0.25, 0.3) is 0 Å². The molecule has 0 aliphatic heterocycles. The van der Waals surface area contributed by atoms with Crippen molar-refractivity contribution in [2.24, 2.45) is 0 Å². The number of aryl methyl sites for hydroxylation is 2. The lowest BCUT2D eigenvalue weighted by molar-refractivity contribution is 0.0228. The van der Waals surface area contributed by atoms with E-state index in [-0.39, 0.29) is 0 Å². The molecule has 0 atom stereocenters. The average Bonchev–Trinajstić information content (AvgIpc) is 2.78. The van der Waals surface area contributed by atoms with Gasteiger partial charge in [0.05, 0.1) is 38.7 Å². The van der Waals surface area contributed by atoms with E-state index in [0.717, 1.165) is 31.8 Å². The number of hydrogen-bond acceptors (Lipinski definition) is 4. The van der Waals surface area contributed by atoms with Crippen LogP contribution in [0.5, 0.6) is 0 Å². The number of fused-ring (bicyclic) bond motifs is 1. The molecule has 5 nitrogen and oxygen atoms in total. The molecule has 5 heteroatoms. The third kappa shape index (κ3) is 4.30. The molecule has 1 aliphatic rings. The summed E-state index contributed by atoms with van der Waals surface area (Å²) >= 11 is 0. The summed E-state index contributed by atoms with van der Waals surface area (Å²) in [4.78, 5) is 4.67. The molecule has 0 amide bonds. The summed E-state index contributed by atoms with van der Waals surface area (Å²) in [5.74, 6) is 1.12. The number of aromatic nitrogens is 2. The fourth-order valence-corrected chi connectivity index (χ4v) is 2.65. The van der Waals surface area contributed by atoms with Gasteiger partial charge in [0.1, 0.15) is 5.82 Å². The first-order valence-corrected chi connectivity index (χ1v) is 7.52. The monoisotopic (exact) mass is 282 g/mol. The van der Waals surface area contributed by atoms with Crippen LogP contribution in [0.1, 0.15) is 30.1 Å². The lowest BCUT2D eigenvalue weighted by Crippen LogP contribution is -2.15. The molecule has 114 valence electrons. The van der Waals surface area contributed by atoms with Crippen LogP contribution in [0.2, 0.25) is 0 Å². The van der Waals surface area contributed by atoms with Crippen LogP contribution in [-0.4, -0.2) is 49.7 Å². The zero-order chi connectivity index (χ0) is 14.2. The predicted molar refractivity (Wildman–Crippen MR) is 77.1 cm³/mol. The molecule has 0 unspecified atom stereocenters. The topological polar surface area (TPSA) is 45.5 Å². The van der Waals surface area contributed by atoms with Gasteiger partial charge in [0.15, 0.2) is 0 Å². The van der Waals surface area contributed by atoms with Crippen molar-refractivity contribution in [3.63, 3.8) is 0 Å². The van der Waals surface area contributed by atoms with Crippen LogP contribution < -0.4 is 0 Å². The zero-order valence-electron chi connectivity index (χ0n) is 12.7. The normalized spacial score (nSPS) is 14.5. The Morgan fingerprint density at radius 1 is 1.00 bits per heavy atom. The van der Waals surface area contributed by atoms with Gasteiger partial charge in [-0.05, 0) is 32.6 Å². The lowest BCUT2D eigenvalue weighted by Gasteiger charge is -2.15. The Kier molecular flexibility index (Phi) is 6.50. The molecule has 0 fully saturated rings. The fourth-order valence-electron chi connectivity index (χ4n) is 2.65. The molecule has 0 aromatic carbocycles. The van der Waals surface area contributed by atoms with Gasteiger partial charge in [-0.2, -0.15) is 0 Å². The first-order valence-electron chi connectivity index (χ1n) is 7.52. The highest BCUT2D eigenvalue weighted by Crippen LogP contribution is 2.21. The van der Waals surface area contributed by atoms with E-state index in [9.17, 15) is 0 Å². The van der Waals surface area contributed by atoms with Crippen molar-refractivity contribution >= 4 is 0 Å². The summed E-state index contributed by atoms with van der Waals surface area (Å²) in [7, 11) is 1.67. The number of methoxy groups -OCH3 is 1. The maximum Gasteiger partial charge on any atom is 0.106 e. The molecule has 0 saturated carbocycles. The van der Waals surface area contributed by atoms with Crippen LogP contribution >= 0.6 is 0 Å². The molecule has 1 aromatic rings. The first-order chi connectivity index (χ1) is 9.83. The van der Waals surface area contributed by atoms with Crippen LogP contribution in [0.25, 0.3) is 0 Å². The summed E-state index contributed by atoms with van der Waals surface area (Å²) < 4.78 is 18.2. The highest BCUT2D eigenvalue weighted by atomic mass is 16.5. The van der Waals surface area contributed by atoms with Crippen molar-refractivity contribution in [3.8, 4) is 0 Å². The lowest BCUT2D eigenvalue weighted by atomic mass is 10.0. The van der Waals surface area contributed by atoms with Gasteiger partial charge in [-0.3, -0.25) is 0 Å². The minimum Gasteiger partial charge on any atom is -0.382 e. The second-order valence-corrected chi connectivity index (χ2v) is 5.13. The average molecular weight is 282 g/mol. The van der Waals surface area contributed by atoms with Gasteiger partial charge in [0, 0.05) is 19.3 Å². The van der Waals surface area contributed by atoms with Crippen molar-refractivity contribution in [1.82, 2.24) is 9.55 Å². The van der Waals surface area contributed by atoms with Crippen LogP contribution in [0.3, 0.4) is 0 Å². The van der Waals surface area contributed by atoms with Crippen LogP contribution in [0.15, 0.2) is 0 Å². The van der Waals surface area contributed by atoms with Gasteiger partial charge in [-0.1, -0.05) is 0 Å². The smallest absolute Gasteiger partial charge is 0.106 e. The Morgan fingerprint density at radius 2 is 1.70 bits per heavy atom. The molecule has 0 radical (unpaired) electrons. The van der Waals surface area contributed by atoms with Gasteiger partial charge >= 0.3 is 0 Å². The predicted octanol–water partition coefficient (Wildman–Crippen LogP) is 1.75. The van der Waals surface area contributed by atoms with E-state index < -0.39 is 0 Å². The van der Waals surface area contributed by atoms with Crippen molar-refractivity contribution in [3.05, 3.63) is 17.2 Å². The third-order valence-corrected chi connectivity index (χ3v) is 3.69. The Bertz CT molecular complexity index is 404. The number of nitrogens with zero attached hydrogens (tertiary/aromatic N) is 2. The van der Waals surface area contributed by atoms with E-state index >= 15 is 0 Å². The quantitative estimate of drug-likeness (QED) is 0.647. The van der Waals surface area contributed by atoms with Gasteiger partial charge < -0.3 is 18.8 Å². The SMILES string of the molecule is COCCOCCOCCn1c(C)nc2c1CCCC2. The Labute approximate surface area is 121 Å². The molecule has 1 aromatic heterocycles. The first kappa shape index (κ1) is 15.5. The van der Waals surface area contributed by atoms with Gasteiger partial charge in [-0.15, -0.1) is 0 Å². The number of hydrogen-bond donors (Lipinski definition) is 0. The summed E-state index contributed by atoms with van der Waals surface area (Å²) in [5.41, 5.74) is 2.73. The molecule has 0 saturated heterocycles. The molecule has 20 heavy (non-hydrogen) atoms. The maximum atomic E-state index is 5.62. The molecule has 2 rings (SSSR count). The Morgan fingerprint density at radius 3 is 2.50 bits per heavy atom. The van der Waals surface area contributed by atoms with E-state index in [0.29, 0.717) is 26.4 Å². The minimum absolute atomic E-state index is 0.629. The fraction of sp³-hybridized carbons (Fsp3) is 0.800. The highest BCUT2D eigenvalue weighted by molar-refractivity contribution is 5.19. The van der Waals surface area contributed by atoms with E-state index in [2.05, 4.69) is 16.5 Å². The van der Waals surface area contributed by atoms with Crippen LogP contribution in [0, 0.1) is 6.92 Å². The summed E-state index contributed by atoms with van der Waals surface area (Å²) in [6, 6.07) is 0. The standard InChI is InChI=1S/C15H26N2O3/c1-13-16-14-5-3-4-6-15(14)17(13)7-8-19-11-12-20-10-9-18-2/h3-12H2,1-2H3. The molecule has 1 aliphatic carbocycles. The largest absolute Gasteiger partial charge is 0.382 e. The number of imidazole rings is 1. The molecule has 0 N–H and O–H groups in total. The second-order valence-electron chi connectivity index (χ2n) is 5.13. The van der Waals surface area contributed by atoms with Crippen molar-refractivity contribution in [2.75, 3.05) is 40.1 Å². The third-order valence-electron chi connectivity index (χ3n) is 3.69. The van der Waals surface area contributed by atoms with E-state index in [1.54, 1.807) is 7.11 Å². The number of ether oxygens (including phenoxy) is 3. The highest BCUT2D eigenvalue weighted by Gasteiger charge is 2.17. The summed E-state index contributed by atoms with van der Waals surface area (Å²) in [6.07, 6.45) is 4.86. The molecule has 0 bridgehead atoms.